The lowest BCUT2D eigenvalue weighted by Crippen LogP contribution is -2.27. The summed E-state index contributed by atoms with van der Waals surface area (Å²) in [6.45, 7) is 0. The number of hydrogen-bond donors (Lipinski definition) is 0. The number of benzene rings is 2. The second-order valence-corrected chi connectivity index (χ2v) is 4.36. The van der Waals surface area contributed by atoms with Crippen molar-refractivity contribution in [1.29, 1.82) is 0 Å². The molecule has 0 bridgehead atoms. The molecule has 0 saturated heterocycles. The SMILES string of the molecule is C[n+]1oc(-c2ccccc2)cc1-c1ccc(F)cc1. The maximum atomic E-state index is 12.9. The number of hydrogen-bond acceptors (Lipinski definition) is 1. The lowest BCUT2D eigenvalue weighted by atomic mass is 10.1. The smallest absolute Gasteiger partial charge is 0.236 e. The maximum absolute atomic E-state index is 12.9. The van der Waals surface area contributed by atoms with Crippen molar-refractivity contribution >= 4 is 0 Å². The molecule has 1 aromatic heterocycles. The molecular weight excluding hydrogens is 241 g/mol. The zero-order chi connectivity index (χ0) is 13.2. The van der Waals surface area contributed by atoms with Gasteiger partial charge in [0.05, 0.1) is 11.6 Å². The molecule has 0 spiro atoms. The molecule has 3 rings (SSSR count). The van der Waals surface area contributed by atoms with Gasteiger partial charge >= 0.3 is 0 Å². The molecule has 0 amide bonds. The van der Waals surface area contributed by atoms with Gasteiger partial charge < -0.3 is 0 Å². The van der Waals surface area contributed by atoms with E-state index in [1.807, 2.05) is 43.4 Å². The van der Waals surface area contributed by atoms with E-state index in [9.17, 15) is 4.39 Å². The molecule has 2 aromatic carbocycles. The maximum Gasteiger partial charge on any atom is 0.262 e. The highest BCUT2D eigenvalue weighted by Gasteiger charge is 2.18. The number of halogens is 1. The van der Waals surface area contributed by atoms with E-state index < -0.39 is 0 Å². The number of nitrogens with zero attached hydrogens (tertiary/aromatic N) is 1. The van der Waals surface area contributed by atoms with E-state index in [2.05, 4.69) is 0 Å². The van der Waals surface area contributed by atoms with Crippen molar-refractivity contribution in [3.8, 4) is 22.6 Å². The Morgan fingerprint density at radius 2 is 1.58 bits per heavy atom. The fourth-order valence-corrected chi connectivity index (χ4v) is 2.06. The molecule has 19 heavy (non-hydrogen) atoms. The molecule has 0 radical (unpaired) electrons. The summed E-state index contributed by atoms with van der Waals surface area (Å²) < 4.78 is 20.3. The van der Waals surface area contributed by atoms with Crippen LogP contribution < -0.4 is 4.74 Å². The van der Waals surface area contributed by atoms with Crippen molar-refractivity contribution in [3.63, 3.8) is 0 Å². The quantitative estimate of drug-likeness (QED) is 0.639. The third-order valence-electron chi connectivity index (χ3n) is 3.04. The molecule has 3 aromatic rings. The Labute approximate surface area is 110 Å². The Morgan fingerprint density at radius 1 is 0.895 bits per heavy atom. The van der Waals surface area contributed by atoms with Crippen molar-refractivity contribution in [2.45, 2.75) is 0 Å². The summed E-state index contributed by atoms with van der Waals surface area (Å²) in [4.78, 5) is 0. The van der Waals surface area contributed by atoms with Gasteiger partial charge in [-0.05, 0) is 29.0 Å². The van der Waals surface area contributed by atoms with Gasteiger partial charge in [-0.15, -0.1) is 0 Å². The Hall–Kier alpha value is -2.42. The van der Waals surface area contributed by atoms with Crippen LogP contribution in [-0.2, 0) is 7.05 Å². The molecule has 0 aliphatic carbocycles. The predicted molar refractivity (Wildman–Crippen MR) is 70.7 cm³/mol. The minimum atomic E-state index is -0.238. The second-order valence-electron chi connectivity index (χ2n) is 4.36. The fraction of sp³-hybridized carbons (Fsp3) is 0.0625. The lowest BCUT2D eigenvalue weighted by molar-refractivity contribution is -0.834. The molecule has 2 nitrogen and oxygen atoms in total. The highest BCUT2D eigenvalue weighted by atomic mass is 19.1. The van der Waals surface area contributed by atoms with Crippen LogP contribution in [0, 0.1) is 5.82 Å². The highest BCUT2D eigenvalue weighted by molar-refractivity contribution is 5.64. The minimum absolute atomic E-state index is 0.238. The fourth-order valence-electron chi connectivity index (χ4n) is 2.06. The van der Waals surface area contributed by atoms with Gasteiger partial charge in [-0.1, -0.05) is 30.3 Å². The first-order chi connectivity index (χ1) is 9.24. The van der Waals surface area contributed by atoms with Gasteiger partial charge in [0.1, 0.15) is 5.82 Å². The predicted octanol–water partition coefficient (Wildman–Crippen LogP) is 3.58. The number of aryl methyl sites for hydroxylation is 1. The van der Waals surface area contributed by atoms with Crippen LogP contribution in [0.25, 0.3) is 22.6 Å². The van der Waals surface area contributed by atoms with E-state index in [4.69, 9.17) is 4.52 Å². The normalized spacial score (nSPS) is 10.6. The Bertz CT molecular complexity index is 687. The molecule has 0 N–H and O–H groups in total. The van der Waals surface area contributed by atoms with Gasteiger partial charge in [-0.2, -0.15) is 0 Å². The van der Waals surface area contributed by atoms with Crippen LogP contribution in [0.4, 0.5) is 4.39 Å². The van der Waals surface area contributed by atoms with Gasteiger partial charge in [0, 0.05) is 5.56 Å². The summed E-state index contributed by atoms with van der Waals surface area (Å²) in [5, 5.41) is 0. The molecule has 0 unspecified atom stereocenters. The molecule has 3 heteroatoms. The molecular formula is C16H13FNO+. The summed E-state index contributed by atoms with van der Waals surface area (Å²) in [7, 11) is 1.84. The summed E-state index contributed by atoms with van der Waals surface area (Å²) >= 11 is 0. The Balaban J connectivity index is 2.05. The van der Waals surface area contributed by atoms with E-state index in [0.29, 0.717) is 0 Å². The zero-order valence-electron chi connectivity index (χ0n) is 10.5. The lowest BCUT2D eigenvalue weighted by Gasteiger charge is -1.91. The monoisotopic (exact) mass is 254 g/mol. The van der Waals surface area contributed by atoms with Crippen molar-refractivity contribution < 1.29 is 13.7 Å². The van der Waals surface area contributed by atoms with E-state index in [1.165, 1.54) is 12.1 Å². The third-order valence-corrected chi connectivity index (χ3v) is 3.04. The summed E-state index contributed by atoms with van der Waals surface area (Å²) in [6, 6.07) is 18.2. The van der Waals surface area contributed by atoms with Gasteiger partial charge in [0.2, 0.25) is 5.76 Å². The summed E-state index contributed by atoms with van der Waals surface area (Å²) in [5.41, 5.74) is 2.86. The molecule has 0 aliphatic heterocycles. The van der Waals surface area contributed by atoms with Crippen LogP contribution in [0.15, 0.2) is 65.2 Å². The van der Waals surface area contributed by atoms with Crippen molar-refractivity contribution in [1.82, 2.24) is 0 Å². The van der Waals surface area contributed by atoms with E-state index in [-0.39, 0.29) is 5.82 Å². The number of rotatable bonds is 2. The molecule has 1 heterocycles. The molecule has 0 saturated carbocycles. The van der Waals surface area contributed by atoms with Crippen LogP contribution in [-0.4, -0.2) is 0 Å². The zero-order valence-corrected chi connectivity index (χ0v) is 10.5. The largest absolute Gasteiger partial charge is 0.262 e. The first-order valence-electron chi connectivity index (χ1n) is 6.06. The summed E-state index contributed by atoms with van der Waals surface area (Å²) in [6.07, 6.45) is 0. The van der Waals surface area contributed by atoms with Crippen LogP contribution in [0.1, 0.15) is 0 Å². The Morgan fingerprint density at radius 3 is 2.26 bits per heavy atom. The van der Waals surface area contributed by atoms with Gasteiger partial charge in [0.25, 0.3) is 5.69 Å². The third kappa shape index (κ3) is 2.27. The first-order valence-corrected chi connectivity index (χ1v) is 6.06. The first kappa shape index (κ1) is 11.7. The second kappa shape index (κ2) is 4.69. The van der Waals surface area contributed by atoms with Gasteiger partial charge in [-0.3, -0.25) is 0 Å². The molecule has 0 atom stereocenters. The Kier molecular flexibility index (Phi) is 2.88. The van der Waals surface area contributed by atoms with Gasteiger partial charge in [-0.25, -0.2) is 8.91 Å². The molecule has 0 fully saturated rings. The molecule has 0 aliphatic rings. The topological polar surface area (TPSA) is 17.0 Å². The van der Waals surface area contributed by atoms with Crippen LogP contribution in [0.3, 0.4) is 0 Å². The van der Waals surface area contributed by atoms with E-state index in [1.54, 1.807) is 16.9 Å². The van der Waals surface area contributed by atoms with Crippen molar-refractivity contribution in [2.75, 3.05) is 0 Å². The summed E-state index contributed by atoms with van der Waals surface area (Å²) in [5.74, 6) is 0.556. The van der Waals surface area contributed by atoms with Crippen LogP contribution >= 0.6 is 0 Å². The van der Waals surface area contributed by atoms with Crippen molar-refractivity contribution in [2.24, 2.45) is 7.05 Å². The van der Waals surface area contributed by atoms with Crippen molar-refractivity contribution in [3.05, 3.63) is 66.5 Å². The van der Waals surface area contributed by atoms with E-state index >= 15 is 0 Å². The standard InChI is InChI=1S/C16H13FNO/c1-18-15(12-7-9-14(17)10-8-12)11-16(19-18)13-5-3-2-4-6-13/h2-11H,1H3/q+1. The van der Waals surface area contributed by atoms with Gasteiger partial charge in [0.15, 0.2) is 7.05 Å². The molecule has 94 valence electrons. The number of aromatic nitrogens is 1. The van der Waals surface area contributed by atoms with Crippen LogP contribution in [0.5, 0.6) is 0 Å². The highest BCUT2D eigenvalue weighted by Crippen LogP contribution is 2.24. The van der Waals surface area contributed by atoms with Crippen LogP contribution in [0.2, 0.25) is 0 Å². The minimum Gasteiger partial charge on any atom is -0.236 e. The van der Waals surface area contributed by atoms with E-state index in [0.717, 1.165) is 22.6 Å². The average molecular weight is 254 g/mol. The average Bonchev–Trinajstić information content (AvgIpc) is 2.83.